The van der Waals surface area contributed by atoms with Gasteiger partial charge in [0.1, 0.15) is 12.4 Å². The largest absolute Gasteiger partial charge is 0.328 e. The lowest BCUT2D eigenvalue weighted by Gasteiger charge is -2.30. The van der Waals surface area contributed by atoms with Crippen molar-refractivity contribution in [3.63, 3.8) is 0 Å². The van der Waals surface area contributed by atoms with Crippen LogP contribution in [0.25, 0.3) is 0 Å². The highest BCUT2D eigenvalue weighted by Gasteiger charge is 2.18. The molecule has 0 saturated carbocycles. The lowest BCUT2D eigenvalue weighted by molar-refractivity contribution is -0.918. The summed E-state index contributed by atoms with van der Waals surface area (Å²) < 4.78 is 13.5. The minimum Gasteiger partial charge on any atom is -0.328 e. The van der Waals surface area contributed by atoms with Gasteiger partial charge in [-0.15, -0.1) is 0 Å². The van der Waals surface area contributed by atoms with E-state index in [1.165, 1.54) is 11.6 Å². The molecule has 114 valence electrons. The quantitative estimate of drug-likeness (QED) is 0.849. The van der Waals surface area contributed by atoms with E-state index in [1.807, 2.05) is 17.1 Å². The van der Waals surface area contributed by atoms with Gasteiger partial charge in [0.2, 0.25) is 0 Å². The van der Waals surface area contributed by atoms with Gasteiger partial charge >= 0.3 is 0 Å². The number of hydrazone groups is 1. The molecule has 3 rings (SSSR count). The summed E-state index contributed by atoms with van der Waals surface area (Å²) in [6, 6.07) is 17.3. The van der Waals surface area contributed by atoms with Crippen LogP contribution in [0.4, 0.5) is 4.39 Å². The maximum absolute atomic E-state index is 13.5. The maximum Gasteiger partial charge on any atom is 0.132 e. The van der Waals surface area contributed by atoms with Crippen molar-refractivity contribution in [2.24, 2.45) is 5.10 Å². The molecule has 1 aliphatic heterocycles. The first-order valence-electron chi connectivity index (χ1n) is 7.72. The van der Waals surface area contributed by atoms with Crippen LogP contribution in [-0.4, -0.2) is 37.4 Å². The number of nitrogens with one attached hydrogen (secondary N) is 1. The summed E-state index contributed by atoms with van der Waals surface area (Å²) in [5.41, 5.74) is 1.92. The molecule has 1 aliphatic rings. The van der Waals surface area contributed by atoms with Gasteiger partial charge in [0.05, 0.1) is 32.4 Å². The molecule has 0 aliphatic carbocycles. The van der Waals surface area contributed by atoms with Crippen LogP contribution in [-0.2, 0) is 6.54 Å². The first-order chi connectivity index (χ1) is 10.8. The second-order valence-corrected chi connectivity index (χ2v) is 5.63. The van der Waals surface area contributed by atoms with Crippen LogP contribution >= 0.6 is 0 Å². The van der Waals surface area contributed by atoms with Crippen molar-refractivity contribution < 1.29 is 9.29 Å². The summed E-state index contributed by atoms with van der Waals surface area (Å²) in [5, 5.41) is 6.44. The zero-order valence-corrected chi connectivity index (χ0v) is 12.6. The van der Waals surface area contributed by atoms with E-state index in [9.17, 15) is 4.39 Å². The molecule has 0 amide bonds. The molecule has 0 radical (unpaired) electrons. The number of hydrogen-bond acceptors (Lipinski definition) is 2. The molecule has 0 atom stereocenters. The molecule has 1 heterocycles. The predicted octanol–water partition coefficient (Wildman–Crippen LogP) is 1.56. The minimum absolute atomic E-state index is 0.223. The first-order valence-corrected chi connectivity index (χ1v) is 7.72. The summed E-state index contributed by atoms with van der Waals surface area (Å²) in [6.45, 7) is 5.00. The van der Waals surface area contributed by atoms with Crippen LogP contribution in [0.3, 0.4) is 0 Å². The molecule has 0 unspecified atom stereocenters. The maximum atomic E-state index is 13.5. The zero-order valence-electron chi connectivity index (χ0n) is 12.6. The summed E-state index contributed by atoms with van der Waals surface area (Å²) in [5.74, 6) is -0.223. The fourth-order valence-electron chi connectivity index (χ4n) is 2.71. The van der Waals surface area contributed by atoms with Crippen LogP contribution in [0.1, 0.15) is 11.1 Å². The van der Waals surface area contributed by atoms with Crippen LogP contribution in [0.15, 0.2) is 59.7 Å². The molecule has 2 aromatic carbocycles. The Morgan fingerprint density at radius 3 is 2.41 bits per heavy atom. The van der Waals surface area contributed by atoms with Crippen LogP contribution in [0, 0.1) is 5.82 Å². The van der Waals surface area contributed by atoms with E-state index in [4.69, 9.17) is 0 Å². The Morgan fingerprint density at radius 2 is 1.68 bits per heavy atom. The number of rotatable bonds is 4. The highest BCUT2D eigenvalue weighted by molar-refractivity contribution is 5.79. The highest BCUT2D eigenvalue weighted by atomic mass is 19.1. The molecule has 3 nitrogen and oxygen atoms in total. The molecule has 1 saturated heterocycles. The molecule has 0 aromatic heterocycles. The fourth-order valence-corrected chi connectivity index (χ4v) is 2.71. The van der Waals surface area contributed by atoms with E-state index in [2.05, 4.69) is 29.4 Å². The fraction of sp³-hybridized carbons (Fsp3) is 0.278. The smallest absolute Gasteiger partial charge is 0.132 e. The number of halogens is 1. The molecular weight excluding hydrogens is 277 g/mol. The van der Waals surface area contributed by atoms with Crippen molar-refractivity contribution in [2.75, 3.05) is 26.2 Å². The van der Waals surface area contributed by atoms with Crippen molar-refractivity contribution in [1.29, 1.82) is 0 Å². The lowest BCUT2D eigenvalue weighted by atomic mass is 10.2. The second kappa shape index (κ2) is 7.18. The third kappa shape index (κ3) is 3.92. The number of quaternary nitrogens is 1. The van der Waals surface area contributed by atoms with Crippen molar-refractivity contribution >= 4 is 6.21 Å². The molecule has 2 aromatic rings. The van der Waals surface area contributed by atoms with Gasteiger partial charge in [-0.05, 0) is 6.07 Å². The van der Waals surface area contributed by atoms with Crippen molar-refractivity contribution in [2.45, 2.75) is 6.54 Å². The van der Waals surface area contributed by atoms with E-state index in [-0.39, 0.29) is 5.82 Å². The van der Waals surface area contributed by atoms with Gasteiger partial charge in [0.25, 0.3) is 0 Å². The van der Waals surface area contributed by atoms with E-state index in [0.29, 0.717) is 5.56 Å². The molecule has 22 heavy (non-hydrogen) atoms. The average molecular weight is 298 g/mol. The molecule has 1 fully saturated rings. The third-order valence-electron chi connectivity index (χ3n) is 4.01. The van der Waals surface area contributed by atoms with Gasteiger partial charge in [-0.2, -0.15) is 5.10 Å². The minimum atomic E-state index is -0.223. The lowest BCUT2D eigenvalue weighted by Crippen LogP contribution is -3.13. The Kier molecular flexibility index (Phi) is 4.81. The third-order valence-corrected chi connectivity index (χ3v) is 4.01. The number of piperazine rings is 1. The summed E-state index contributed by atoms with van der Waals surface area (Å²) in [7, 11) is 0. The van der Waals surface area contributed by atoms with Crippen LogP contribution in [0.5, 0.6) is 0 Å². The molecule has 1 N–H and O–H groups in total. The Hall–Kier alpha value is -2.20. The van der Waals surface area contributed by atoms with E-state index in [1.54, 1.807) is 23.2 Å². The SMILES string of the molecule is Fc1ccccc1C=NN1CC[NH+](Cc2ccccc2)CC1. The van der Waals surface area contributed by atoms with E-state index in [0.717, 1.165) is 32.7 Å². The Bertz CT molecular complexity index is 619. The van der Waals surface area contributed by atoms with Gasteiger partial charge in [0.15, 0.2) is 0 Å². The van der Waals surface area contributed by atoms with Crippen LogP contribution < -0.4 is 4.90 Å². The van der Waals surface area contributed by atoms with Crippen molar-refractivity contribution in [3.05, 3.63) is 71.5 Å². The normalized spacial score (nSPS) is 16.3. The summed E-state index contributed by atoms with van der Waals surface area (Å²) >= 11 is 0. The molecular formula is C18H21FN3+. The van der Waals surface area contributed by atoms with Gasteiger partial charge < -0.3 is 4.90 Å². The zero-order chi connectivity index (χ0) is 15.2. The van der Waals surface area contributed by atoms with Crippen LogP contribution in [0.2, 0.25) is 0 Å². The first kappa shape index (κ1) is 14.7. The monoisotopic (exact) mass is 298 g/mol. The van der Waals surface area contributed by atoms with Crippen molar-refractivity contribution in [3.8, 4) is 0 Å². The predicted molar refractivity (Wildman–Crippen MR) is 86.4 cm³/mol. The van der Waals surface area contributed by atoms with Crippen molar-refractivity contribution in [1.82, 2.24) is 5.01 Å². The van der Waals surface area contributed by atoms with Gasteiger partial charge in [-0.1, -0.05) is 48.5 Å². The Balaban J connectivity index is 1.51. The standard InChI is InChI=1S/C18H20FN3/c19-18-9-5-4-8-17(18)14-20-22-12-10-21(11-13-22)15-16-6-2-1-3-7-16/h1-9,14H,10-13,15H2/p+1. The Morgan fingerprint density at radius 1 is 1.00 bits per heavy atom. The summed E-state index contributed by atoms with van der Waals surface area (Å²) in [6.07, 6.45) is 1.62. The molecule has 0 spiro atoms. The van der Waals surface area contributed by atoms with Gasteiger partial charge in [-0.25, -0.2) is 4.39 Å². The summed E-state index contributed by atoms with van der Waals surface area (Å²) in [4.78, 5) is 1.57. The van der Waals surface area contributed by atoms with E-state index < -0.39 is 0 Å². The molecule has 0 bridgehead atoms. The molecule has 4 heteroatoms. The Labute approximate surface area is 130 Å². The second-order valence-electron chi connectivity index (χ2n) is 5.63. The number of benzene rings is 2. The topological polar surface area (TPSA) is 20.0 Å². The van der Waals surface area contributed by atoms with E-state index >= 15 is 0 Å². The highest BCUT2D eigenvalue weighted by Crippen LogP contribution is 2.04. The van der Waals surface area contributed by atoms with Gasteiger partial charge in [-0.3, -0.25) is 5.01 Å². The average Bonchev–Trinajstić information content (AvgIpc) is 2.56. The van der Waals surface area contributed by atoms with Gasteiger partial charge in [0, 0.05) is 11.1 Å². The number of hydrogen-bond donors (Lipinski definition) is 1. The number of nitrogens with zero attached hydrogens (tertiary/aromatic N) is 2.